The predicted octanol–water partition coefficient (Wildman–Crippen LogP) is 3.69. The van der Waals surface area contributed by atoms with E-state index in [0.717, 1.165) is 17.1 Å². The van der Waals surface area contributed by atoms with Crippen LogP contribution in [0, 0.1) is 5.82 Å². The number of rotatable bonds is 3. The van der Waals surface area contributed by atoms with Crippen molar-refractivity contribution in [2.24, 2.45) is 0 Å². The third kappa shape index (κ3) is 4.27. The summed E-state index contributed by atoms with van der Waals surface area (Å²) in [5.74, 6) is 0.189. The van der Waals surface area contributed by atoms with Gasteiger partial charge in [-0.3, -0.25) is 4.98 Å². The number of pyridine rings is 1. The molecule has 1 saturated heterocycles. The maximum Gasteiger partial charge on any atom is 0.322 e. The summed E-state index contributed by atoms with van der Waals surface area (Å²) in [5, 5.41) is 11.3. The molecule has 0 radical (unpaired) electrons. The molecule has 1 aliphatic heterocycles. The lowest BCUT2D eigenvalue weighted by atomic mass is 10.2. The molecule has 0 unspecified atom stereocenters. The molecule has 1 aromatic carbocycles. The van der Waals surface area contributed by atoms with Crippen LogP contribution in [0.1, 0.15) is 0 Å². The second-order valence-electron chi connectivity index (χ2n) is 6.51. The highest BCUT2D eigenvalue weighted by Crippen LogP contribution is 2.25. The number of benzene rings is 1. The lowest BCUT2D eigenvalue weighted by Crippen LogP contribution is -2.50. The van der Waals surface area contributed by atoms with E-state index in [1.54, 1.807) is 17.3 Å². The van der Waals surface area contributed by atoms with Gasteiger partial charge in [-0.05, 0) is 36.4 Å². The van der Waals surface area contributed by atoms with Crippen molar-refractivity contribution in [2.75, 3.05) is 36.4 Å². The summed E-state index contributed by atoms with van der Waals surface area (Å²) in [5.41, 5.74) is 1.72. The fourth-order valence-electron chi connectivity index (χ4n) is 3.11. The van der Waals surface area contributed by atoms with Crippen molar-refractivity contribution in [1.29, 1.82) is 0 Å². The van der Waals surface area contributed by atoms with Crippen LogP contribution < -0.4 is 10.2 Å². The molecule has 29 heavy (non-hydrogen) atoms. The molecule has 2 amide bonds. The van der Waals surface area contributed by atoms with E-state index in [1.807, 2.05) is 24.3 Å². The van der Waals surface area contributed by atoms with E-state index in [9.17, 15) is 9.18 Å². The van der Waals surface area contributed by atoms with Gasteiger partial charge in [-0.15, -0.1) is 10.2 Å². The first-order chi connectivity index (χ1) is 14.1. The Morgan fingerprint density at radius 1 is 1.00 bits per heavy atom. The Morgan fingerprint density at radius 2 is 1.76 bits per heavy atom. The van der Waals surface area contributed by atoms with Crippen LogP contribution in [-0.4, -0.2) is 52.3 Å². The number of amides is 2. The summed E-state index contributed by atoms with van der Waals surface area (Å²) in [4.78, 5) is 20.1. The fourth-order valence-corrected chi connectivity index (χ4v) is 3.32. The maximum absolute atomic E-state index is 13.9. The van der Waals surface area contributed by atoms with Crippen molar-refractivity contribution in [3.63, 3.8) is 0 Å². The summed E-state index contributed by atoms with van der Waals surface area (Å²) >= 11 is 5.97. The summed E-state index contributed by atoms with van der Waals surface area (Å²) in [6.07, 6.45) is 3.42. The number of para-hydroxylation sites is 1. The molecule has 148 valence electrons. The number of urea groups is 1. The number of hydrogen-bond donors (Lipinski definition) is 1. The largest absolute Gasteiger partial charge is 0.352 e. The minimum absolute atomic E-state index is 0.000774. The molecule has 3 heterocycles. The zero-order valence-corrected chi connectivity index (χ0v) is 16.2. The van der Waals surface area contributed by atoms with Crippen LogP contribution in [0.4, 0.5) is 20.7 Å². The SMILES string of the molecule is O=C(Nc1c(F)cccc1Cl)N1CCN(c2ccc(-c3ccncc3)nn2)CC1. The van der Waals surface area contributed by atoms with Gasteiger partial charge in [0.2, 0.25) is 0 Å². The van der Waals surface area contributed by atoms with Gasteiger partial charge in [0.15, 0.2) is 5.82 Å². The molecule has 1 aliphatic rings. The Balaban J connectivity index is 1.36. The van der Waals surface area contributed by atoms with Crippen LogP contribution in [0.5, 0.6) is 0 Å². The Morgan fingerprint density at radius 3 is 2.41 bits per heavy atom. The second kappa shape index (κ2) is 8.40. The van der Waals surface area contributed by atoms with Crippen LogP contribution in [0.25, 0.3) is 11.3 Å². The molecule has 1 fully saturated rings. The van der Waals surface area contributed by atoms with Crippen molar-refractivity contribution < 1.29 is 9.18 Å². The number of hydrogen-bond acceptors (Lipinski definition) is 5. The monoisotopic (exact) mass is 412 g/mol. The number of nitrogens with one attached hydrogen (secondary N) is 1. The maximum atomic E-state index is 13.9. The standard InChI is InChI=1S/C20H18ClFN6O/c21-15-2-1-3-16(22)19(15)24-20(29)28-12-10-27(11-13-28)18-5-4-17(25-26-18)14-6-8-23-9-7-14/h1-9H,10-13H2,(H,24,29). The number of halogens is 2. The van der Waals surface area contributed by atoms with E-state index < -0.39 is 5.82 Å². The summed E-state index contributed by atoms with van der Waals surface area (Å²) in [6, 6.07) is 11.5. The van der Waals surface area contributed by atoms with Gasteiger partial charge in [-0.25, -0.2) is 9.18 Å². The van der Waals surface area contributed by atoms with Gasteiger partial charge in [0, 0.05) is 44.1 Å². The van der Waals surface area contributed by atoms with Crippen molar-refractivity contribution >= 4 is 29.1 Å². The number of piperazine rings is 1. The number of carbonyl (C=O) groups is 1. The molecule has 0 saturated carbocycles. The lowest BCUT2D eigenvalue weighted by Gasteiger charge is -2.35. The molecule has 0 spiro atoms. The number of anilines is 2. The molecular formula is C20H18ClFN6O. The average molecular weight is 413 g/mol. The first kappa shape index (κ1) is 19.1. The average Bonchev–Trinajstić information content (AvgIpc) is 2.77. The first-order valence-corrected chi connectivity index (χ1v) is 9.48. The van der Waals surface area contributed by atoms with Crippen LogP contribution in [0.3, 0.4) is 0 Å². The highest BCUT2D eigenvalue weighted by Gasteiger charge is 2.23. The molecule has 4 rings (SSSR count). The van der Waals surface area contributed by atoms with Gasteiger partial charge in [0.05, 0.1) is 16.4 Å². The third-order valence-electron chi connectivity index (χ3n) is 4.71. The fraction of sp³-hybridized carbons (Fsp3) is 0.200. The summed E-state index contributed by atoms with van der Waals surface area (Å²) < 4.78 is 13.9. The molecular weight excluding hydrogens is 395 g/mol. The molecule has 0 atom stereocenters. The Bertz CT molecular complexity index is 973. The topological polar surface area (TPSA) is 74.2 Å². The zero-order valence-electron chi connectivity index (χ0n) is 15.4. The van der Waals surface area contributed by atoms with Crippen molar-refractivity contribution in [1.82, 2.24) is 20.1 Å². The highest BCUT2D eigenvalue weighted by atomic mass is 35.5. The molecule has 0 bridgehead atoms. The molecule has 2 aromatic heterocycles. The van der Waals surface area contributed by atoms with E-state index in [2.05, 4.69) is 25.4 Å². The summed E-state index contributed by atoms with van der Waals surface area (Å²) in [7, 11) is 0. The second-order valence-corrected chi connectivity index (χ2v) is 6.92. The quantitative estimate of drug-likeness (QED) is 0.710. The summed E-state index contributed by atoms with van der Waals surface area (Å²) in [6.45, 7) is 2.15. The molecule has 1 N–H and O–H groups in total. The van der Waals surface area contributed by atoms with E-state index in [-0.39, 0.29) is 16.7 Å². The normalized spacial score (nSPS) is 14.0. The van der Waals surface area contributed by atoms with Crippen LogP contribution >= 0.6 is 11.6 Å². The molecule has 9 heteroatoms. The van der Waals surface area contributed by atoms with Gasteiger partial charge in [0.25, 0.3) is 0 Å². The Hall–Kier alpha value is -3.26. The van der Waals surface area contributed by atoms with Crippen molar-refractivity contribution in [2.45, 2.75) is 0 Å². The smallest absolute Gasteiger partial charge is 0.322 e. The van der Waals surface area contributed by atoms with Crippen molar-refractivity contribution in [3.8, 4) is 11.3 Å². The minimum atomic E-state index is -0.561. The van der Waals surface area contributed by atoms with E-state index in [4.69, 9.17) is 11.6 Å². The van der Waals surface area contributed by atoms with Gasteiger partial charge in [0.1, 0.15) is 5.82 Å². The lowest BCUT2D eigenvalue weighted by molar-refractivity contribution is 0.208. The van der Waals surface area contributed by atoms with Gasteiger partial charge >= 0.3 is 6.03 Å². The predicted molar refractivity (Wildman–Crippen MR) is 109 cm³/mol. The molecule has 7 nitrogen and oxygen atoms in total. The number of aromatic nitrogens is 3. The zero-order chi connectivity index (χ0) is 20.2. The third-order valence-corrected chi connectivity index (χ3v) is 5.03. The van der Waals surface area contributed by atoms with Gasteiger partial charge in [-0.2, -0.15) is 0 Å². The number of carbonyl (C=O) groups excluding carboxylic acids is 1. The van der Waals surface area contributed by atoms with Crippen LogP contribution in [0.15, 0.2) is 54.9 Å². The molecule has 3 aromatic rings. The van der Waals surface area contributed by atoms with Crippen LogP contribution in [-0.2, 0) is 0 Å². The molecule has 0 aliphatic carbocycles. The van der Waals surface area contributed by atoms with E-state index in [1.165, 1.54) is 18.2 Å². The highest BCUT2D eigenvalue weighted by molar-refractivity contribution is 6.33. The minimum Gasteiger partial charge on any atom is -0.352 e. The van der Waals surface area contributed by atoms with Crippen molar-refractivity contribution in [3.05, 3.63) is 65.7 Å². The van der Waals surface area contributed by atoms with Crippen LogP contribution in [0.2, 0.25) is 5.02 Å². The Labute approximate surface area is 172 Å². The Kier molecular flexibility index (Phi) is 5.53. The van der Waals surface area contributed by atoms with Gasteiger partial charge in [-0.1, -0.05) is 17.7 Å². The van der Waals surface area contributed by atoms with Gasteiger partial charge < -0.3 is 15.1 Å². The van der Waals surface area contributed by atoms with E-state index >= 15 is 0 Å². The van der Waals surface area contributed by atoms with E-state index in [0.29, 0.717) is 26.2 Å². The number of nitrogens with zero attached hydrogens (tertiary/aromatic N) is 5. The first-order valence-electron chi connectivity index (χ1n) is 9.11.